The van der Waals surface area contributed by atoms with Gasteiger partial charge in [0.15, 0.2) is 4.34 Å². The van der Waals surface area contributed by atoms with Crippen LogP contribution in [0.3, 0.4) is 0 Å². The molecular weight excluding hydrogens is 240 g/mol. The number of aromatic nitrogens is 2. The molecule has 0 aromatic carbocycles. The Bertz CT molecular complexity index is 322. The summed E-state index contributed by atoms with van der Waals surface area (Å²) in [6, 6.07) is 0.826. The van der Waals surface area contributed by atoms with E-state index in [0.29, 0.717) is 0 Å². The van der Waals surface area contributed by atoms with Gasteiger partial charge in [0.2, 0.25) is 5.13 Å². The highest BCUT2D eigenvalue weighted by atomic mass is 32.2. The minimum atomic E-state index is 0.826. The van der Waals surface area contributed by atoms with E-state index in [1.807, 2.05) is 30.8 Å². The second kappa shape index (κ2) is 5.84. The summed E-state index contributed by atoms with van der Waals surface area (Å²) in [7, 11) is 3.99. The van der Waals surface area contributed by atoms with Crippen LogP contribution in [0.15, 0.2) is 4.34 Å². The van der Waals surface area contributed by atoms with Crippen LogP contribution in [0.1, 0.15) is 19.3 Å². The Morgan fingerprint density at radius 2 is 2.25 bits per heavy atom. The lowest BCUT2D eigenvalue weighted by atomic mass is 10.5. The monoisotopic (exact) mass is 258 g/mol. The predicted octanol–water partition coefficient (Wildman–Crippen LogP) is 1.84. The Morgan fingerprint density at radius 1 is 1.44 bits per heavy atom. The summed E-state index contributed by atoms with van der Waals surface area (Å²) in [5.74, 6) is 1.13. The van der Waals surface area contributed by atoms with Gasteiger partial charge in [-0.05, 0) is 25.8 Å². The van der Waals surface area contributed by atoms with Gasteiger partial charge < -0.3 is 10.2 Å². The zero-order valence-electron chi connectivity index (χ0n) is 9.77. The first-order chi connectivity index (χ1) is 7.75. The van der Waals surface area contributed by atoms with Crippen LogP contribution in [-0.4, -0.2) is 42.6 Å². The van der Waals surface area contributed by atoms with E-state index in [2.05, 4.69) is 15.5 Å². The molecule has 1 aliphatic rings. The fourth-order valence-corrected chi connectivity index (χ4v) is 3.04. The van der Waals surface area contributed by atoms with Crippen LogP contribution in [0.5, 0.6) is 0 Å². The third-order valence-electron chi connectivity index (χ3n) is 2.34. The molecule has 0 amide bonds. The fraction of sp³-hybridized carbons (Fsp3) is 0.800. The molecule has 1 aromatic heterocycles. The van der Waals surface area contributed by atoms with Gasteiger partial charge in [-0.1, -0.05) is 23.1 Å². The molecule has 0 saturated heterocycles. The first kappa shape index (κ1) is 12.1. The van der Waals surface area contributed by atoms with E-state index in [0.717, 1.165) is 27.8 Å². The lowest BCUT2D eigenvalue weighted by Crippen LogP contribution is -2.17. The van der Waals surface area contributed by atoms with Crippen LogP contribution in [-0.2, 0) is 0 Å². The van der Waals surface area contributed by atoms with Crippen LogP contribution in [0.2, 0.25) is 0 Å². The highest BCUT2D eigenvalue weighted by molar-refractivity contribution is 8.01. The van der Waals surface area contributed by atoms with Crippen molar-refractivity contribution in [2.24, 2.45) is 0 Å². The van der Waals surface area contributed by atoms with Gasteiger partial charge in [0.05, 0.1) is 0 Å². The topological polar surface area (TPSA) is 41.1 Å². The quantitative estimate of drug-likeness (QED) is 0.597. The predicted molar refractivity (Wildman–Crippen MR) is 70.6 cm³/mol. The zero-order chi connectivity index (χ0) is 11.4. The third kappa shape index (κ3) is 3.92. The first-order valence-corrected chi connectivity index (χ1v) is 7.43. The van der Waals surface area contributed by atoms with E-state index in [-0.39, 0.29) is 0 Å². The van der Waals surface area contributed by atoms with Gasteiger partial charge in [-0.25, -0.2) is 0 Å². The SMILES string of the molecule is CN(C)c1nnc(SCCCNC2CC2)s1. The second-order valence-corrected chi connectivity index (χ2v) is 6.47. The lowest BCUT2D eigenvalue weighted by molar-refractivity contribution is 0.674. The maximum Gasteiger partial charge on any atom is 0.208 e. The molecule has 1 saturated carbocycles. The summed E-state index contributed by atoms with van der Waals surface area (Å²) in [5.41, 5.74) is 0. The number of thioether (sulfide) groups is 1. The van der Waals surface area contributed by atoms with Crippen molar-refractivity contribution in [3.05, 3.63) is 0 Å². The molecule has 1 fully saturated rings. The lowest BCUT2D eigenvalue weighted by Gasteiger charge is -2.03. The molecule has 0 bridgehead atoms. The van der Waals surface area contributed by atoms with Crippen molar-refractivity contribution >= 4 is 28.2 Å². The zero-order valence-corrected chi connectivity index (χ0v) is 11.4. The van der Waals surface area contributed by atoms with E-state index in [1.165, 1.54) is 19.3 Å². The van der Waals surface area contributed by atoms with Crippen molar-refractivity contribution < 1.29 is 0 Å². The summed E-state index contributed by atoms with van der Waals surface area (Å²) in [5, 5.41) is 12.8. The van der Waals surface area contributed by atoms with Gasteiger partial charge in [0, 0.05) is 25.9 Å². The highest BCUT2D eigenvalue weighted by Crippen LogP contribution is 2.27. The number of nitrogens with one attached hydrogen (secondary N) is 1. The van der Waals surface area contributed by atoms with Crippen molar-refractivity contribution in [1.82, 2.24) is 15.5 Å². The van der Waals surface area contributed by atoms with Gasteiger partial charge in [0.1, 0.15) is 0 Å². The van der Waals surface area contributed by atoms with Crippen molar-refractivity contribution in [3.8, 4) is 0 Å². The minimum Gasteiger partial charge on any atom is -0.353 e. The van der Waals surface area contributed by atoms with Crippen molar-refractivity contribution in [3.63, 3.8) is 0 Å². The van der Waals surface area contributed by atoms with Crippen molar-refractivity contribution in [2.75, 3.05) is 31.3 Å². The number of hydrogen-bond acceptors (Lipinski definition) is 6. The summed E-state index contributed by atoms with van der Waals surface area (Å²) in [6.45, 7) is 1.14. The summed E-state index contributed by atoms with van der Waals surface area (Å²) < 4.78 is 1.08. The van der Waals surface area contributed by atoms with Gasteiger partial charge in [-0.15, -0.1) is 10.2 Å². The third-order valence-corrected chi connectivity index (χ3v) is 4.65. The standard InChI is InChI=1S/C10H18N4S2/c1-14(2)9-12-13-10(16-9)15-7-3-6-11-8-4-5-8/h8,11H,3-7H2,1-2H3. The molecular formula is C10H18N4S2. The Hall–Kier alpha value is -0.330. The molecule has 2 rings (SSSR count). The molecule has 1 aromatic rings. The molecule has 6 heteroatoms. The molecule has 16 heavy (non-hydrogen) atoms. The normalized spacial score (nSPS) is 15.4. The van der Waals surface area contributed by atoms with E-state index in [9.17, 15) is 0 Å². The maximum absolute atomic E-state index is 4.15. The largest absolute Gasteiger partial charge is 0.353 e. The van der Waals surface area contributed by atoms with Crippen molar-refractivity contribution in [1.29, 1.82) is 0 Å². The molecule has 0 spiro atoms. The molecule has 0 radical (unpaired) electrons. The molecule has 90 valence electrons. The van der Waals surface area contributed by atoms with Crippen molar-refractivity contribution in [2.45, 2.75) is 29.6 Å². The molecule has 1 N–H and O–H groups in total. The van der Waals surface area contributed by atoms with Crippen LogP contribution in [0.4, 0.5) is 5.13 Å². The van der Waals surface area contributed by atoms with Gasteiger partial charge in [-0.3, -0.25) is 0 Å². The average Bonchev–Trinajstić information content (AvgIpc) is 2.94. The Kier molecular flexibility index (Phi) is 4.43. The fourth-order valence-electron chi connectivity index (χ4n) is 1.27. The van der Waals surface area contributed by atoms with Gasteiger partial charge >= 0.3 is 0 Å². The molecule has 0 atom stereocenters. The highest BCUT2D eigenvalue weighted by Gasteiger charge is 2.19. The maximum atomic E-state index is 4.15. The Labute approximate surface area is 105 Å². The summed E-state index contributed by atoms with van der Waals surface area (Å²) in [6.07, 6.45) is 3.95. The van der Waals surface area contributed by atoms with E-state index in [4.69, 9.17) is 0 Å². The Morgan fingerprint density at radius 3 is 2.88 bits per heavy atom. The molecule has 1 aliphatic carbocycles. The van der Waals surface area contributed by atoms with Crippen LogP contribution in [0, 0.1) is 0 Å². The van der Waals surface area contributed by atoms with Crippen LogP contribution >= 0.6 is 23.1 Å². The van der Waals surface area contributed by atoms with Crippen LogP contribution < -0.4 is 10.2 Å². The first-order valence-electron chi connectivity index (χ1n) is 5.63. The molecule has 4 nitrogen and oxygen atoms in total. The summed E-state index contributed by atoms with van der Waals surface area (Å²) in [4.78, 5) is 2.00. The second-order valence-electron chi connectivity index (χ2n) is 4.18. The average molecular weight is 258 g/mol. The molecule has 0 unspecified atom stereocenters. The number of anilines is 1. The molecule has 0 aliphatic heterocycles. The van der Waals surface area contributed by atoms with Gasteiger partial charge in [-0.2, -0.15) is 0 Å². The Balaban J connectivity index is 1.60. The number of rotatable bonds is 7. The van der Waals surface area contributed by atoms with E-state index in [1.54, 1.807) is 11.3 Å². The van der Waals surface area contributed by atoms with Crippen LogP contribution in [0.25, 0.3) is 0 Å². The van der Waals surface area contributed by atoms with E-state index >= 15 is 0 Å². The number of nitrogens with zero attached hydrogens (tertiary/aromatic N) is 3. The van der Waals surface area contributed by atoms with Gasteiger partial charge in [0.25, 0.3) is 0 Å². The number of hydrogen-bond donors (Lipinski definition) is 1. The molecule has 1 heterocycles. The summed E-state index contributed by atoms with van der Waals surface area (Å²) >= 11 is 3.47. The van der Waals surface area contributed by atoms with E-state index < -0.39 is 0 Å². The minimum absolute atomic E-state index is 0.826. The smallest absolute Gasteiger partial charge is 0.208 e.